The van der Waals surface area contributed by atoms with Crippen LogP contribution < -0.4 is 9.64 Å². The molecule has 0 bridgehead atoms. The average molecular weight is 1190 g/mol. The van der Waals surface area contributed by atoms with Crippen LogP contribution in [0.2, 0.25) is 0 Å². The molecule has 1 aliphatic rings. The van der Waals surface area contributed by atoms with Gasteiger partial charge >= 0.3 is 321 Å². The number of hydrogen-bond donors (Lipinski definition) is 0. The van der Waals surface area contributed by atoms with E-state index in [9.17, 15) is 0 Å². The molecule has 0 saturated carbocycles. The van der Waals surface area contributed by atoms with Crippen LogP contribution in [0, 0.1) is 15.9 Å². The van der Waals surface area contributed by atoms with Crippen molar-refractivity contribution in [3.8, 4) is 67.4 Å². The maximum absolute atomic E-state index is 6.87. The van der Waals surface area contributed by atoms with Crippen LogP contribution in [0.3, 0.4) is 0 Å². The number of fused-ring (bicyclic) bond motifs is 4. The van der Waals surface area contributed by atoms with Crippen LogP contribution in [-0.4, -0.2) is 14.1 Å². The van der Waals surface area contributed by atoms with E-state index in [4.69, 9.17) is 9.72 Å². The van der Waals surface area contributed by atoms with Crippen molar-refractivity contribution < 1.29 is 24.1 Å². The van der Waals surface area contributed by atoms with Gasteiger partial charge in [0.25, 0.3) is 0 Å². The normalized spacial score (nSPS) is 12.9. The van der Waals surface area contributed by atoms with Crippen molar-refractivity contribution in [2.75, 3.05) is 4.90 Å². The first-order valence-electron chi connectivity index (χ1n) is 26.9. The van der Waals surface area contributed by atoms with Crippen LogP contribution in [0.25, 0.3) is 66.9 Å². The summed E-state index contributed by atoms with van der Waals surface area (Å²) in [7, 11) is 0. The zero-order valence-corrected chi connectivity index (χ0v) is 48.8. The van der Waals surface area contributed by atoms with E-state index >= 15 is 0 Å². The van der Waals surface area contributed by atoms with Gasteiger partial charge in [-0.05, 0) is 56.2 Å². The Labute approximate surface area is 467 Å². The molecule has 0 amide bonds. The average Bonchev–Trinajstić information content (AvgIpc) is 3.77. The van der Waals surface area contributed by atoms with Crippen molar-refractivity contribution in [3.05, 3.63) is 226 Å². The maximum atomic E-state index is 6.87. The number of para-hydroxylation sites is 2. The Kier molecular flexibility index (Phi) is 13.2. The number of rotatable bonds is 8. The van der Waals surface area contributed by atoms with E-state index in [-0.39, 0.29) is 21.7 Å². The molecule has 0 spiro atoms. The molecule has 6 heteroatoms. The first-order valence-corrected chi connectivity index (χ1v) is 28.0. The number of imidazole rings is 1. The minimum Gasteiger partial charge on any atom is -0.0561 e. The summed E-state index contributed by atoms with van der Waals surface area (Å²) in [6.45, 7) is 28.1. The molecule has 0 saturated heterocycles. The van der Waals surface area contributed by atoms with Crippen LogP contribution in [0.15, 0.2) is 182 Å². The molecule has 10 aromatic rings. The Hall–Kier alpha value is -7.33. The van der Waals surface area contributed by atoms with Gasteiger partial charge < -0.3 is 0 Å². The summed E-state index contributed by atoms with van der Waals surface area (Å²) in [6, 6.07) is 71.5. The predicted molar refractivity (Wildman–Crippen MR) is 317 cm³/mol. The van der Waals surface area contributed by atoms with E-state index in [2.05, 4.69) is 292 Å². The number of aromatic nitrogens is 3. The molecule has 390 valence electrons. The smallest absolute Gasteiger partial charge is 0.0132 e. The van der Waals surface area contributed by atoms with Gasteiger partial charge in [-0.15, -0.1) is 0 Å². The van der Waals surface area contributed by atoms with E-state index in [1.165, 1.54) is 55.6 Å². The third-order valence-electron chi connectivity index (χ3n) is 15.1. The Bertz CT molecular complexity index is 3840. The van der Waals surface area contributed by atoms with E-state index < -0.39 is 0 Å². The summed E-state index contributed by atoms with van der Waals surface area (Å²) in [5.74, 6) is 2.07. The maximum Gasteiger partial charge on any atom is -0.0132 e. The van der Waals surface area contributed by atoms with Crippen molar-refractivity contribution in [2.45, 2.75) is 111 Å². The topological polar surface area (TPSA) is 35.2 Å². The molecule has 0 atom stereocenters. The second-order valence-electron chi connectivity index (χ2n) is 24.8. The van der Waals surface area contributed by atoms with Crippen LogP contribution >= 0.6 is 0 Å². The number of benzene rings is 8. The van der Waals surface area contributed by atoms with Gasteiger partial charge in [-0.25, -0.2) is 0 Å². The zero-order valence-electron chi connectivity index (χ0n) is 46.5. The van der Waals surface area contributed by atoms with Crippen molar-refractivity contribution in [2.24, 2.45) is 0 Å². The van der Waals surface area contributed by atoms with Gasteiger partial charge in [0.05, 0.1) is 0 Å². The summed E-state index contributed by atoms with van der Waals surface area (Å²) in [4.78, 5) is 7.35. The number of nitrogens with zero attached hydrogens (tertiary/aromatic N) is 4. The standard InChI is InChI=1S/C71H68N4O.Pt/c1-68(2,3)52-34-35-72-66(42-52)73-45-51-36-49(50-37-53(69(4,5)6)39-54(38-50)70(7,8)9)30-32-59(51)60-33-31-58(44-65(60)73)76-57-27-21-26-56(43-57)74-46-75(64-29-20-19-28-63(64)74)67-61(47-22-15-13-16-23-47)40-55(71(10,11)12)41-62(67)48-24-17-14-18-25-48;/h13-42H,45H2,1-12H3;/q-2;. The first-order chi connectivity index (χ1) is 36.6. The Morgan fingerprint density at radius 1 is 0.442 bits per heavy atom. The summed E-state index contributed by atoms with van der Waals surface area (Å²) >= 11 is 2.51. The third-order valence-corrected chi connectivity index (χ3v) is 16.1. The molecule has 11 rings (SSSR count). The van der Waals surface area contributed by atoms with Gasteiger partial charge in [-0.2, -0.15) is 0 Å². The second-order valence-corrected chi connectivity index (χ2v) is 25.8. The Morgan fingerprint density at radius 2 is 0.987 bits per heavy atom. The van der Waals surface area contributed by atoms with Gasteiger partial charge in [0.15, 0.2) is 0 Å². The summed E-state index contributed by atoms with van der Waals surface area (Å²) in [6.07, 6.45) is 1.94. The number of ether oxygens (including phenoxy) is 1. The minimum atomic E-state index is -0.0833. The summed E-state index contributed by atoms with van der Waals surface area (Å²) in [5.41, 5.74) is 20.8. The number of hydrogen-bond acceptors (Lipinski definition) is 3. The first kappa shape index (κ1) is 51.8. The third kappa shape index (κ3) is 10.1. The van der Waals surface area contributed by atoms with Crippen molar-refractivity contribution in [1.29, 1.82) is 0 Å². The summed E-state index contributed by atoms with van der Waals surface area (Å²) < 4.78 is 12.6. The van der Waals surface area contributed by atoms with E-state index in [0.717, 1.165) is 54.4 Å². The monoisotopic (exact) mass is 1190 g/mol. The molecule has 8 aromatic carbocycles. The van der Waals surface area contributed by atoms with Gasteiger partial charge in [0, 0.05) is 6.20 Å². The van der Waals surface area contributed by atoms with Crippen molar-refractivity contribution in [1.82, 2.24) is 14.1 Å². The van der Waals surface area contributed by atoms with Gasteiger partial charge in [-0.1, -0.05) is 86.6 Å². The molecule has 0 fully saturated rings. The van der Waals surface area contributed by atoms with E-state index in [0.29, 0.717) is 18.0 Å². The molecule has 0 unspecified atom stereocenters. The molecule has 2 aromatic heterocycles. The zero-order chi connectivity index (χ0) is 54.2. The van der Waals surface area contributed by atoms with Crippen molar-refractivity contribution >= 4 is 22.5 Å². The minimum absolute atomic E-state index is 0.00997. The fraction of sp³-hybridized carbons (Fsp3) is 0.239. The van der Waals surface area contributed by atoms with Crippen LogP contribution in [-0.2, 0) is 47.6 Å². The molecule has 5 nitrogen and oxygen atoms in total. The van der Waals surface area contributed by atoms with Crippen molar-refractivity contribution in [3.63, 3.8) is 0 Å². The van der Waals surface area contributed by atoms with Gasteiger partial charge in [0.1, 0.15) is 0 Å². The number of anilines is 2. The Balaban J connectivity index is 1.02. The predicted octanol–water partition coefficient (Wildman–Crippen LogP) is 18.8. The fourth-order valence-corrected chi connectivity index (χ4v) is 11.6. The van der Waals surface area contributed by atoms with E-state index in [1.807, 2.05) is 18.3 Å². The SMILES string of the molecule is CC(C)(C)c1cc(-c2ccc3c(c2)CN(c2cc(C(C)(C)C)ccn2)c2[c-]c(Oc4[c-]c(-n5[c](=[Pt])n(-c6c(-c7ccccc7)cc(C(C)(C)C)cc6-c6ccccc6)c6ccccc65)ccc4)ccc2-3)cc(C(C)(C)C)c1. The van der Waals surface area contributed by atoms with Crippen LogP contribution in [0.1, 0.15) is 111 Å². The fourth-order valence-electron chi connectivity index (χ4n) is 10.5. The molecule has 77 heavy (non-hydrogen) atoms. The molecule has 0 aliphatic carbocycles. The number of pyridine rings is 1. The Morgan fingerprint density at radius 3 is 1.58 bits per heavy atom. The quantitative estimate of drug-likeness (QED) is 0.142. The van der Waals surface area contributed by atoms with Gasteiger partial charge in [-0.3, -0.25) is 0 Å². The van der Waals surface area contributed by atoms with Crippen LogP contribution in [0.5, 0.6) is 11.5 Å². The summed E-state index contributed by atoms with van der Waals surface area (Å²) in [5, 5.41) is 0. The van der Waals surface area contributed by atoms with Crippen LogP contribution in [0.4, 0.5) is 11.5 Å². The molecule has 3 heterocycles. The van der Waals surface area contributed by atoms with Gasteiger partial charge in [0.2, 0.25) is 0 Å². The molecular weight excluding hydrogens is 1120 g/mol. The second kappa shape index (κ2) is 19.6. The molecule has 0 radical (unpaired) electrons. The largest absolute Gasteiger partial charge is 0.0561 e. The molecule has 1 aliphatic heterocycles. The molecule has 0 N–H and O–H groups in total. The molecular formula is C71H68N4OPt-2. The van der Waals surface area contributed by atoms with E-state index in [1.54, 1.807) is 0 Å².